The lowest BCUT2D eigenvalue weighted by Crippen LogP contribution is -2.39. The predicted molar refractivity (Wildman–Crippen MR) is 118 cm³/mol. The lowest BCUT2D eigenvalue weighted by atomic mass is 10.00. The van der Waals surface area contributed by atoms with Crippen LogP contribution in [0.5, 0.6) is 0 Å². The zero-order valence-corrected chi connectivity index (χ0v) is 17.6. The van der Waals surface area contributed by atoms with E-state index in [1.165, 1.54) is 12.1 Å². The lowest BCUT2D eigenvalue weighted by Gasteiger charge is -2.35. The number of nitrogens with zero attached hydrogens (tertiary/aromatic N) is 4. The van der Waals surface area contributed by atoms with E-state index >= 15 is 0 Å². The van der Waals surface area contributed by atoms with Gasteiger partial charge in [-0.2, -0.15) is 0 Å². The molecule has 2 aromatic heterocycles. The Bertz CT molecular complexity index is 1040. The molecular weight excluding hydrogens is 393 g/mol. The fraction of sp³-hybridized carbons (Fsp3) is 0.333. The number of pyridine rings is 1. The summed E-state index contributed by atoms with van der Waals surface area (Å²) in [7, 11) is 0. The maximum atomic E-state index is 13.7. The summed E-state index contributed by atoms with van der Waals surface area (Å²) in [5.41, 5.74) is 2.25. The predicted octanol–water partition coefficient (Wildman–Crippen LogP) is 5.28. The average molecular weight is 420 g/mol. The Morgan fingerprint density at radius 1 is 1.16 bits per heavy atom. The summed E-state index contributed by atoms with van der Waals surface area (Å²) in [5, 5.41) is 3.19. The number of nitrogens with one attached hydrogen (secondary N) is 1. The molecule has 7 heteroatoms. The van der Waals surface area contributed by atoms with E-state index in [1.54, 1.807) is 24.5 Å². The molecule has 1 atom stereocenters. The van der Waals surface area contributed by atoms with Gasteiger partial charge in [0.1, 0.15) is 11.6 Å². The molecule has 1 fully saturated rings. The Balaban J connectivity index is 1.74. The van der Waals surface area contributed by atoms with E-state index < -0.39 is 0 Å². The Morgan fingerprint density at radius 3 is 2.77 bits per heavy atom. The van der Waals surface area contributed by atoms with Gasteiger partial charge in [0.15, 0.2) is 5.82 Å². The molecule has 3 aromatic rings. The van der Waals surface area contributed by atoms with Gasteiger partial charge in [-0.25, -0.2) is 14.4 Å². The number of hydrogen-bond acceptors (Lipinski definition) is 5. The van der Waals surface area contributed by atoms with Crippen molar-refractivity contribution in [3.05, 3.63) is 66.5 Å². The molecule has 6 nitrogen and oxygen atoms in total. The topological polar surface area (TPSA) is 71.0 Å². The molecule has 0 saturated carbocycles. The highest BCUT2D eigenvalue weighted by atomic mass is 19.1. The first-order valence-electron chi connectivity index (χ1n) is 10.8. The summed E-state index contributed by atoms with van der Waals surface area (Å²) >= 11 is 0. The molecule has 1 saturated heterocycles. The van der Waals surface area contributed by atoms with Crippen molar-refractivity contribution in [3.8, 4) is 11.3 Å². The molecule has 1 unspecified atom stereocenters. The highest BCUT2D eigenvalue weighted by Gasteiger charge is 2.30. The minimum Gasteiger partial charge on any atom is -0.340 e. The van der Waals surface area contributed by atoms with Crippen LogP contribution in [-0.4, -0.2) is 32.3 Å². The van der Waals surface area contributed by atoms with Crippen molar-refractivity contribution in [1.82, 2.24) is 19.9 Å². The van der Waals surface area contributed by atoms with E-state index in [4.69, 9.17) is 9.97 Å². The van der Waals surface area contributed by atoms with E-state index in [-0.39, 0.29) is 17.8 Å². The summed E-state index contributed by atoms with van der Waals surface area (Å²) in [4.78, 5) is 28.3. The van der Waals surface area contributed by atoms with Gasteiger partial charge in [0.25, 0.3) is 0 Å². The Kier molecular flexibility index (Phi) is 6.50. The van der Waals surface area contributed by atoms with Gasteiger partial charge in [0.05, 0.1) is 11.7 Å². The molecule has 1 N–H and O–H groups in total. The van der Waals surface area contributed by atoms with E-state index in [9.17, 15) is 9.18 Å². The second kappa shape index (κ2) is 9.64. The van der Waals surface area contributed by atoms with Crippen LogP contribution in [0.2, 0.25) is 0 Å². The highest BCUT2D eigenvalue weighted by Crippen LogP contribution is 2.32. The number of aromatic nitrogens is 3. The third-order valence-electron chi connectivity index (χ3n) is 5.40. The highest BCUT2D eigenvalue weighted by molar-refractivity contribution is 5.76. The number of rotatable bonds is 6. The van der Waals surface area contributed by atoms with Gasteiger partial charge in [-0.3, -0.25) is 9.78 Å². The summed E-state index contributed by atoms with van der Waals surface area (Å²) in [5.74, 6) is 0.996. The van der Waals surface area contributed by atoms with Crippen LogP contribution in [-0.2, 0) is 4.79 Å². The standard InChI is InChI=1S/C24H26FN5O/c1-2-6-23(31)30-14-4-3-9-21(30)24-28-20(17-10-12-26-13-11-17)16-22(29-24)27-19-8-5-7-18(25)15-19/h5,7-8,10-13,15-16,21H,2-4,6,9,14H2,1H3,(H,27,28,29). The van der Waals surface area contributed by atoms with Crippen molar-refractivity contribution in [2.75, 3.05) is 11.9 Å². The van der Waals surface area contributed by atoms with Crippen molar-refractivity contribution in [1.29, 1.82) is 0 Å². The largest absolute Gasteiger partial charge is 0.340 e. The SMILES string of the molecule is CCCC(=O)N1CCCCC1c1nc(Nc2cccc(F)c2)cc(-c2ccncc2)n1. The molecule has 1 aromatic carbocycles. The first kappa shape index (κ1) is 20.9. The first-order chi connectivity index (χ1) is 15.1. The Morgan fingerprint density at radius 2 is 2.00 bits per heavy atom. The van der Waals surface area contributed by atoms with E-state index in [2.05, 4.69) is 10.3 Å². The molecule has 0 spiro atoms. The van der Waals surface area contributed by atoms with Gasteiger partial charge >= 0.3 is 0 Å². The quantitative estimate of drug-likeness (QED) is 0.589. The Labute approximate surface area is 181 Å². The molecule has 4 rings (SSSR count). The number of amides is 1. The van der Waals surface area contributed by atoms with Crippen LogP contribution >= 0.6 is 0 Å². The average Bonchev–Trinajstić information content (AvgIpc) is 2.80. The van der Waals surface area contributed by atoms with Crippen LogP contribution in [0.4, 0.5) is 15.9 Å². The smallest absolute Gasteiger partial charge is 0.223 e. The third kappa shape index (κ3) is 5.05. The van der Waals surface area contributed by atoms with Crippen molar-refractivity contribution in [3.63, 3.8) is 0 Å². The second-order valence-corrected chi connectivity index (χ2v) is 7.72. The summed E-state index contributed by atoms with van der Waals surface area (Å²) in [6, 6.07) is 11.7. The molecule has 3 heterocycles. The maximum Gasteiger partial charge on any atom is 0.223 e. The first-order valence-corrected chi connectivity index (χ1v) is 10.8. The van der Waals surface area contributed by atoms with E-state index in [0.717, 1.165) is 43.5 Å². The zero-order chi connectivity index (χ0) is 21.6. The monoisotopic (exact) mass is 419 g/mol. The molecule has 0 aliphatic carbocycles. The van der Waals surface area contributed by atoms with Gasteiger partial charge in [-0.05, 0) is 56.0 Å². The normalized spacial score (nSPS) is 16.2. The van der Waals surface area contributed by atoms with Gasteiger partial charge in [-0.1, -0.05) is 13.0 Å². The van der Waals surface area contributed by atoms with Crippen LogP contribution in [0.15, 0.2) is 54.9 Å². The molecule has 1 aliphatic rings. The van der Waals surface area contributed by atoms with Crippen LogP contribution in [0.3, 0.4) is 0 Å². The molecule has 0 bridgehead atoms. The van der Waals surface area contributed by atoms with E-state index in [0.29, 0.717) is 23.8 Å². The van der Waals surface area contributed by atoms with E-state index in [1.807, 2.05) is 30.0 Å². The minimum absolute atomic E-state index is 0.143. The summed E-state index contributed by atoms with van der Waals surface area (Å²) in [6.45, 7) is 2.73. The molecule has 31 heavy (non-hydrogen) atoms. The van der Waals surface area contributed by atoms with Gasteiger partial charge in [0, 0.05) is 42.7 Å². The summed E-state index contributed by atoms with van der Waals surface area (Å²) < 4.78 is 13.7. The molecule has 1 amide bonds. The zero-order valence-electron chi connectivity index (χ0n) is 17.6. The van der Waals surface area contributed by atoms with Crippen molar-refractivity contribution in [2.45, 2.75) is 45.1 Å². The fourth-order valence-corrected chi connectivity index (χ4v) is 3.92. The van der Waals surface area contributed by atoms with Gasteiger partial charge in [0.2, 0.25) is 5.91 Å². The van der Waals surface area contributed by atoms with Crippen molar-refractivity contribution < 1.29 is 9.18 Å². The number of piperidine rings is 1. The Hall–Kier alpha value is -3.35. The molecule has 0 radical (unpaired) electrons. The van der Waals surface area contributed by atoms with Crippen LogP contribution in [0.25, 0.3) is 11.3 Å². The number of halogens is 1. The van der Waals surface area contributed by atoms with Crippen molar-refractivity contribution >= 4 is 17.4 Å². The third-order valence-corrected chi connectivity index (χ3v) is 5.40. The minimum atomic E-state index is -0.322. The number of benzene rings is 1. The lowest BCUT2D eigenvalue weighted by molar-refractivity contribution is -0.135. The number of hydrogen-bond donors (Lipinski definition) is 1. The van der Waals surface area contributed by atoms with Crippen molar-refractivity contribution in [2.24, 2.45) is 0 Å². The van der Waals surface area contributed by atoms with Crippen LogP contribution in [0.1, 0.15) is 50.9 Å². The van der Waals surface area contributed by atoms with Gasteiger partial charge in [-0.15, -0.1) is 0 Å². The number of carbonyl (C=O) groups excluding carboxylic acids is 1. The van der Waals surface area contributed by atoms with Crippen LogP contribution in [0, 0.1) is 5.82 Å². The number of anilines is 2. The molecule has 160 valence electrons. The fourth-order valence-electron chi connectivity index (χ4n) is 3.92. The second-order valence-electron chi connectivity index (χ2n) is 7.72. The van der Waals surface area contributed by atoms with Gasteiger partial charge < -0.3 is 10.2 Å². The number of likely N-dealkylation sites (tertiary alicyclic amines) is 1. The molecule has 1 aliphatic heterocycles. The molecular formula is C24H26FN5O. The number of carbonyl (C=O) groups is 1. The summed E-state index contributed by atoms with van der Waals surface area (Å²) in [6.07, 6.45) is 7.61. The maximum absolute atomic E-state index is 13.7. The van der Waals surface area contributed by atoms with Crippen LogP contribution < -0.4 is 5.32 Å².